The minimum atomic E-state index is -3.95. The molecule has 2 N–H and O–H groups in total. The van der Waals surface area contributed by atoms with Crippen LogP contribution in [0.3, 0.4) is 0 Å². The lowest BCUT2D eigenvalue weighted by molar-refractivity contribution is -0.116. The Morgan fingerprint density at radius 3 is 2.21 bits per heavy atom. The Kier molecular flexibility index (Phi) is 7.66. The Bertz CT molecular complexity index is 1400. The largest absolute Gasteiger partial charge is 0.324 e. The maximum atomic E-state index is 12.9. The van der Waals surface area contributed by atoms with Crippen molar-refractivity contribution in [3.63, 3.8) is 0 Å². The number of amides is 1. The summed E-state index contributed by atoms with van der Waals surface area (Å²) in [6.07, 6.45) is 3.72. The highest BCUT2D eigenvalue weighted by Crippen LogP contribution is 2.32. The Hall–Kier alpha value is -2.93. The first-order chi connectivity index (χ1) is 15.9. The van der Waals surface area contributed by atoms with E-state index < -0.39 is 32.0 Å². The molecular formula is C20H19Cl2N5O5S2. The van der Waals surface area contributed by atoms with Gasteiger partial charge in [-0.15, -0.1) is 0 Å². The summed E-state index contributed by atoms with van der Waals surface area (Å²) in [6.45, 7) is 1.39. The van der Waals surface area contributed by atoms with E-state index in [0.717, 1.165) is 10.6 Å². The molecule has 2 aromatic carbocycles. The zero-order valence-electron chi connectivity index (χ0n) is 17.8. The second-order valence-electron chi connectivity index (χ2n) is 7.02. The van der Waals surface area contributed by atoms with Crippen molar-refractivity contribution in [2.45, 2.75) is 17.9 Å². The van der Waals surface area contributed by atoms with Gasteiger partial charge in [-0.3, -0.25) is 9.10 Å². The molecule has 0 spiro atoms. The number of carbonyl (C=O) groups excluding carboxylic acids is 1. The number of nitrogens with one attached hydrogen (secondary N) is 2. The lowest BCUT2D eigenvalue weighted by atomic mass is 10.2. The van der Waals surface area contributed by atoms with Gasteiger partial charge in [-0.1, -0.05) is 23.2 Å². The molecule has 10 nitrogen and oxygen atoms in total. The summed E-state index contributed by atoms with van der Waals surface area (Å²) >= 11 is 12.1. The summed E-state index contributed by atoms with van der Waals surface area (Å²) in [4.78, 5) is 20.4. The summed E-state index contributed by atoms with van der Waals surface area (Å²) in [5.74, 6) is -0.762. The molecule has 0 aliphatic rings. The predicted octanol–water partition coefficient (Wildman–Crippen LogP) is 3.38. The number of rotatable bonds is 8. The fourth-order valence-corrected chi connectivity index (χ4v) is 5.49. The lowest BCUT2D eigenvalue weighted by Gasteiger charge is -2.29. The summed E-state index contributed by atoms with van der Waals surface area (Å²) in [5.41, 5.74) is 0.298. The molecule has 0 aliphatic carbocycles. The van der Waals surface area contributed by atoms with Crippen LogP contribution in [-0.2, 0) is 24.8 Å². The monoisotopic (exact) mass is 543 g/mol. The minimum absolute atomic E-state index is 0.0509. The van der Waals surface area contributed by atoms with Gasteiger partial charge in [-0.2, -0.15) is 0 Å². The molecule has 1 heterocycles. The highest BCUT2D eigenvalue weighted by molar-refractivity contribution is 7.92. The number of carbonyl (C=O) groups is 1. The van der Waals surface area contributed by atoms with Crippen molar-refractivity contribution < 1.29 is 21.6 Å². The standard InChI is InChI=1S/C20H19Cl2N5O5S2/c1-13(27(33(2,29)30)18-12-14(21)4-9-17(18)22)19(28)25-15-5-7-16(8-6-15)34(31,32)26-20-23-10-3-11-24-20/h3-13H,1-2H3,(H,25,28)(H,23,24,26)/t13-/m1/s1. The average Bonchev–Trinajstić information content (AvgIpc) is 2.76. The first kappa shape index (κ1) is 25.7. The van der Waals surface area contributed by atoms with Gasteiger partial charge < -0.3 is 5.32 Å². The van der Waals surface area contributed by atoms with Gasteiger partial charge in [0.2, 0.25) is 21.9 Å². The number of nitrogens with zero attached hydrogens (tertiary/aromatic N) is 3. The van der Waals surface area contributed by atoms with Crippen LogP contribution in [0.1, 0.15) is 6.92 Å². The van der Waals surface area contributed by atoms with Crippen LogP contribution >= 0.6 is 23.2 Å². The number of aromatic nitrogens is 2. The van der Waals surface area contributed by atoms with E-state index in [1.54, 1.807) is 6.07 Å². The molecule has 3 aromatic rings. The van der Waals surface area contributed by atoms with Crippen LogP contribution < -0.4 is 14.3 Å². The maximum Gasteiger partial charge on any atom is 0.264 e. The number of halogens is 2. The van der Waals surface area contributed by atoms with Gasteiger partial charge in [0, 0.05) is 23.1 Å². The van der Waals surface area contributed by atoms with Gasteiger partial charge in [-0.05, 0) is 55.5 Å². The first-order valence-corrected chi connectivity index (χ1v) is 13.6. The van der Waals surface area contributed by atoms with Crippen molar-refractivity contribution in [2.24, 2.45) is 0 Å². The smallest absolute Gasteiger partial charge is 0.264 e. The maximum absolute atomic E-state index is 12.9. The molecule has 0 aliphatic heterocycles. The van der Waals surface area contributed by atoms with Crippen molar-refractivity contribution in [3.8, 4) is 0 Å². The molecule has 0 saturated heterocycles. The van der Waals surface area contributed by atoms with E-state index in [-0.39, 0.29) is 32.3 Å². The molecule has 34 heavy (non-hydrogen) atoms. The number of benzene rings is 2. The predicted molar refractivity (Wildman–Crippen MR) is 131 cm³/mol. The molecule has 0 bridgehead atoms. The van der Waals surface area contributed by atoms with Gasteiger partial charge >= 0.3 is 0 Å². The van der Waals surface area contributed by atoms with Crippen LogP contribution in [-0.4, -0.2) is 45.0 Å². The van der Waals surface area contributed by atoms with E-state index >= 15 is 0 Å². The van der Waals surface area contributed by atoms with Crippen molar-refractivity contribution in [2.75, 3.05) is 20.6 Å². The summed E-state index contributed by atoms with van der Waals surface area (Å²) in [7, 11) is -7.87. The SMILES string of the molecule is C[C@H](C(=O)Nc1ccc(S(=O)(=O)Nc2ncccn2)cc1)N(c1cc(Cl)ccc1Cl)S(C)(=O)=O. The second-order valence-corrected chi connectivity index (χ2v) is 11.4. The molecule has 0 unspecified atom stereocenters. The Morgan fingerprint density at radius 1 is 1.00 bits per heavy atom. The van der Waals surface area contributed by atoms with Crippen molar-refractivity contribution in [3.05, 3.63) is 71.0 Å². The molecule has 0 fully saturated rings. The van der Waals surface area contributed by atoms with Crippen LogP contribution in [0.5, 0.6) is 0 Å². The number of hydrogen-bond donors (Lipinski definition) is 2. The van der Waals surface area contributed by atoms with E-state index in [1.165, 1.54) is 61.8 Å². The Labute approximate surface area is 207 Å². The van der Waals surface area contributed by atoms with E-state index in [2.05, 4.69) is 20.0 Å². The van der Waals surface area contributed by atoms with Gasteiger partial charge in [0.15, 0.2) is 0 Å². The van der Waals surface area contributed by atoms with E-state index in [1.807, 2.05) is 0 Å². The molecule has 14 heteroatoms. The van der Waals surface area contributed by atoms with Crippen LogP contribution in [0.4, 0.5) is 17.3 Å². The zero-order chi connectivity index (χ0) is 25.1. The average molecular weight is 544 g/mol. The molecule has 0 radical (unpaired) electrons. The number of hydrogen-bond acceptors (Lipinski definition) is 7. The topological polar surface area (TPSA) is 138 Å². The third-order valence-electron chi connectivity index (χ3n) is 4.46. The fourth-order valence-electron chi connectivity index (χ4n) is 2.93. The highest BCUT2D eigenvalue weighted by Gasteiger charge is 2.31. The Morgan fingerprint density at radius 2 is 1.62 bits per heavy atom. The third-order valence-corrected chi connectivity index (χ3v) is 7.58. The van der Waals surface area contributed by atoms with Gasteiger partial charge in [0.05, 0.1) is 21.9 Å². The van der Waals surface area contributed by atoms with Crippen molar-refractivity contribution >= 4 is 66.5 Å². The number of anilines is 3. The Balaban J connectivity index is 1.79. The molecule has 0 saturated carbocycles. The molecule has 180 valence electrons. The molecular weight excluding hydrogens is 525 g/mol. The van der Waals surface area contributed by atoms with Gasteiger partial charge in [0.25, 0.3) is 10.0 Å². The van der Waals surface area contributed by atoms with Crippen LogP contribution in [0.2, 0.25) is 10.0 Å². The quantitative estimate of drug-likeness (QED) is 0.443. The van der Waals surface area contributed by atoms with Crippen LogP contribution in [0.25, 0.3) is 0 Å². The van der Waals surface area contributed by atoms with Gasteiger partial charge in [-0.25, -0.2) is 31.5 Å². The molecule has 3 rings (SSSR count). The van der Waals surface area contributed by atoms with Crippen molar-refractivity contribution in [1.29, 1.82) is 0 Å². The molecule has 1 atom stereocenters. The first-order valence-electron chi connectivity index (χ1n) is 9.54. The minimum Gasteiger partial charge on any atom is -0.324 e. The summed E-state index contributed by atoms with van der Waals surface area (Å²) < 4.78 is 53.0. The molecule has 1 aromatic heterocycles. The normalized spacial score (nSPS) is 12.6. The highest BCUT2D eigenvalue weighted by atomic mass is 35.5. The summed E-state index contributed by atoms with van der Waals surface area (Å²) in [5, 5.41) is 2.90. The number of sulfonamides is 2. The van der Waals surface area contributed by atoms with Crippen LogP contribution in [0, 0.1) is 0 Å². The zero-order valence-corrected chi connectivity index (χ0v) is 21.0. The van der Waals surface area contributed by atoms with E-state index in [4.69, 9.17) is 23.2 Å². The fraction of sp³-hybridized carbons (Fsp3) is 0.150. The van der Waals surface area contributed by atoms with Crippen LogP contribution in [0.15, 0.2) is 65.8 Å². The van der Waals surface area contributed by atoms with Gasteiger partial charge in [0.1, 0.15) is 6.04 Å². The van der Waals surface area contributed by atoms with E-state index in [9.17, 15) is 21.6 Å². The second kappa shape index (κ2) is 10.1. The lowest BCUT2D eigenvalue weighted by Crippen LogP contribution is -2.45. The molecule has 1 amide bonds. The summed E-state index contributed by atoms with van der Waals surface area (Å²) in [6, 6.07) is 9.87. The van der Waals surface area contributed by atoms with Crippen molar-refractivity contribution in [1.82, 2.24) is 9.97 Å². The van der Waals surface area contributed by atoms with E-state index in [0.29, 0.717) is 0 Å². The third kappa shape index (κ3) is 6.14.